The number of nitrogens with two attached hydrogens (primary N) is 1. The maximum atomic E-state index is 13.7. The fourth-order valence-corrected chi connectivity index (χ4v) is 2.63. The molecular weight excluding hydrogens is 335 g/mol. The number of halogens is 2. The van der Waals surface area contributed by atoms with Crippen LogP contribution in [0.2, 0.25) is 0 Å². The van der Waals surface area contributed by atoms with Gasteiger partial charge in [0.2, 0.25) is 0 Å². The van der Waals surface area contributed by atoms with Crippen LogP contribution >= 0.6 is 15.9 Å². The molecule has 3 nitrogen and oxygen atoms in total. The second-order valence-corrected chi connectivity index (χ2v) is 5.67. The molecule has 3 N–H and O–H groups in total. The van der Waals surface area contributed by atoms with Crippen LogP contribution in [-0.4, -0.2) is 13.2 Å². The molecule has 5 heteroatoms. The van der Waals surface area contributed by atoms with Gasteiger partial charge in [-0.1, -0.05) is 34.1 Å². The molecule has 1 unspecified atom stereocenters. The highest BCUT2D eigenvalue weighted by molar-refractivity contribution is 9.10. The molecule has 0 saturated heterocycles. The summed E-state index contributed by atoms with van der Waals surface area (Å²) < 4.78 is 19.9. The zero-order valence-corrected chi connectivity index (χ0v) is 13.4. The highest BCUT2D eigenvalue weighted by Gasteiger charge is 2.13. The first-order valence-corrected chi connectivity index (χ1v) is 7.45. The summed E-state index contributed by atoms with van der Waals surface area (Å²) in [5.41, 5.74) is 4.48. The molecule has 0 radical (unpaired) electrons. The standard InChI is InChI=1S/C16H18BrFN2O/c1-21-14-6-7-15(17)12(10-14)9-13(20-19)8-11-4-2-3-5-16(11)18/h2-7,10,13,20H,8-9,19H2,1H3. The number of methoxy groups -OCH3 is 1. The summed E-state index contributed by atoms with van der Waals surface area (Å²) in [5, 5.41) is 0. The average Bonchev–Trinajstić information content (AvgIpc) is 2.50. The highest BCUT2D eigenvalue weighted by Crippen LogP contribution is 2.24. The van der Waals surface area contributed by atoms with E-state index in [-0.39, 0.29) is 11.9 Å². The summed E-state index contributed by atoms with van der Waals surface area (Å²) in [4.78, 5) is 0. The van der Waals surface area contributed by atoms with Gasteiger partial charge in [0.25, 0.3) is 0 Å². The van der Waals surface area contributed by atoms with E-state index >= 15 is 0 Å². The van der Waals surface area contributed by atoms with Crippen LogP contribution in [0.15, 0.2) is 46.9 Å². The Hall–Kier alpha value is -1.43. The Balaban J connectivity index is 2.14. The number of nitrogens with one attached hydrogen (secondary N) is 1. The van der Waals surface area contributed by atoms with Crippen molar-refractivity contribution in [1.82, 2.24) is 5.43 Å². The number of hydrogen-bond donors (Lipinski definition) is 2. The van der Waals surface area contributed by atoms with E-state index in [1.807, 2.05) is 24.3 Å². The van der Waals surface area contributed by atoms with Crippen molar-refractivity contribution in [2.45, 2.75) is 18.9 Å². The number of hydrogen-bond acceptors (Lipinski definition) is 3. The predicted octanol–water partition coefficient (Wildman–Crippen LogP) is 3.21. The summed E-state index contributed by atoms with van der Waals surface area (Å²) in [6.07, 6.45) is 1.19. The molecule has 0 aliphatic heterocycles. The molecule has 0 heterocycles. The fourth-order valence-electron chi connectivity index (χ4n) is 2.22. The molecule has 0 aromatic heterocycles. The van der Waals surface area contributed by atoms with Crippen molar-refractivity contribution >= 4 is 15.9 Å². The molecule has 2 aromatic rings. The van der Waals surface area contributed by atoms with E-state index in [0.29, 0.717) is 18.4 Å². The van der Waals surface area contributed by atoms with Crippen molar-refractivity contribution in [1.29, 1.82) is 0 Å². The number of ether oxygens (including phenoxy) is 1. The first-order chi connectivity index (χ1) is 10.1. The lowest BCUT2D eigenvalue weighted by Crippen LogP contribution is -2.38. The van der Waals surface area contributed by atoms with E-state index in [0.717, 1.165) is 15.8 Å². The van der Waals surface area contributed by atoms with Crippen LogP contribution in [0.5, 0.6) is 5.75 Å². The molecule has 21 heavy (non-hydrogen) atoms. The first-order valence-electron chi connectivity index (χ1n) is 6.66. The van der Waals surface area contributed by atoms with Crippen molar-refractivity contribution in [3.63, 3.8) is 0 Å². The van der Waals surface area contributed by atoms with Gasteiger partial charge in [0.15, 0.2) is 0 Å². The van der Waals surface area contributed by atoms with Crippen LogP contribution in [-0.2, 0) is 12.8 Å². The van der Waals surface area contributed by atoms with E-state index in [1.165, 1.54) is 6.07 Å². The average molecular weight is 353 g/mol. The molecule has 0 aliphatic rings. The molecule has 0 saturated carbocycles. The normalized spacial score (nSPS) is 12.2. The first kappa shape index (κ1) is 15.9. The van der Waals surface area contributed by atoms with Gasteiger partial charge in [-0.15, -0.1) is 0 Å². The van der Waals surface area contributed by atoms with Gasteiger partial charge in [-0.2, -0.15) is 0 Å². The van der Waals surface area contributed by atoms with E-state index in [2.05, 4.69) is 21.4 Å². The van der Waals surface area contributed by atoms with Crippen LogP contribution in [0.25, 0.3) is 0 Å². The zero-order valence-electron chi connectivity index (χ0n) is 11.8. The van der Waals surface area contributed by atoms with Crippen molar-refractivity contribution in [3.8, 4) is 5.75 Å². The molecule has 0 amide bonds. The summed E-state index contributed by atoms with van der Waals surface area (Å²) in [6, 6.07) is 12.5. The Bertz CT molecular complexity index is 607. The van der Waals surface area contributed by atoms with Gasteiger partial charge in [-0.25, -0.2) is 4.39 Å². The van der Waals surface area contributed by atoms with E-state index in [4.69, 9.17) is 10.6 Å². The quantitative estimate of drug-likeness (QED) is 0.619. The molecule has 2 rings (SSSR count). The Morgan fingerprint density at radius 3 is 2.57 bits per heavy atom. The lowest BCUT2D eigenvalue weighted by Gasteiger charge is -2.18. The Morgan fingerprint density at radius 1 is 1.19 bits per heavy atom. The Kier molecular flexibility index (Phi) is 5.73. The van der Waals surface area contributed by atoms with Crippen molar-refractivity contribution < 1.29 is 9.13 Å². The molecule has 1 atom stereocenters. The molecule has 0 fully saturated rings. The second kappa shape index (κ2) is 7.54. The van der Waals surface area contributed by atoms with Crippen LogP contribution in [0, 0.1) is 5.82 Å². The minimum Gasteiger partial charge on any atom is -0.497 e. The van der Waals surface area contributed by atoms with Crippen LogP contribution in [0.4, 0.5) is 4.39 Å². The lowest BCUT2D eigenvalue weighted by molar-refractivity contribution is 0.413. The van der Waals surface area contributed by atoms with E-state index in [9.17, 15) is 4.39 Å². The van der Waals surface area contributed by atoms with Gasteiger partial charge in [0, 0.05) is 10.5 Å². The molecule has 0 bridgehead atoms. The van der Waals surface area contributed by atoms with Crippen molar-refractivity contribution in [2.75, 3.05) is 7.11 Å². The molecule has 0 aliphatic carbocycles. The topological polar surface area (TPSA) is 47.3 Å². The maximum Gasteiger partial charge on any atom is 0.126 e. The Morgan fingerprint density at radius 2 is 1.90 bits per heavy atom. The van der Waals surface area contributed by atoms with Gasteiger partial charge < -0.3 is 4.74 Å². The van der Waals surface area contributed by atoms with Gasteiger partial charge in [-0.05, 0) is 48.2 Å². The molecular formula is C16H18BrFN2O. The zero-order chi connectivity index (χ0) is 15.2. The van der Waals surface area contributed by atoms with E-state index < -0.39 is 0 Å². The summed E-state index contributed by atoms with van der Waals surface area (Å²) in [5.74, 6) is 6.20. The summed E-state index contributed by atoms with van der Waals surface area (Å²) in [7, 11) is 1.63. The third-order valence-corrected chi connectivity index (χ3v) is 4.15. The van der Waals surface area contributed by atoms with Crippen LogP contribution in [0.3, 0.4) is 0 Å². The van der Waals surface area contributed by atoms with Crippen molar-refractivity contribution in [2.24, 2.45) is 5.84 Å². The van der Waals surface area contributed by atoms with E-state index in [1.54, 1.807) is 19.2 Å². The van der Waals surface area contributed by atoms with Crippen LogP contribution < -0.4 is 16.0 Å². The third-order valence-electron chi connectivity index (χ3n) is 3.38. The summed E-state index contributed by atoms with van der Waals surface area (Å²) in [6.45, 7) is 0. The lowest BCUT2D eigenvalue weighted by atomic mass is 9.99. The molecule has 0 spiro atoms. The smallest absolute Gasteiger partial charge is 0.126 e. The summed E-state index contributed by atoms with van der Waals surface area (Å²) >= 11 is 3.52. The maximum absolute atomic E-state index is 13.7. The number of hydrazine groups is 1. The largest absolute Gasteiger partial charge is 0.497 e. The predicted molar refractivity (Wildman–Crippen MR) is 85.6 cm³/mol. The van der Waals surface area contributed by atoms with Gasteiger partial charge in [0.05, 0.1) is 7.11 Å². The molecule has 2 aromatic carbocycles. The number of benzene rings is 2. The van der Waals surface area contributed by atoms with Crippen LogP contribution in [0.1, 0.15) is 11.1 Å². The van der Waals surface area contributed by atoms with Gasteiger partial charge in [-0.3, -0.25) is 11.3 Å². The minimum atomic E-state index is -0.206. The highest BCUT2D eigenvalue weighted by atomic mass is 79.9. The minimum absolute atomic E-state index is 0.0645. The van der Waals surface area contributed by atoms with Gasteiger partial charge >= 0.3 is 0 Å². The third kappa shape index (κ3) is 4.27. The van der Waals surface area contributed by atoms with Gasteiger partial charge in [0.1, 0.15) is 11.6 Å². The second-order valence-electron chi connectivity index (χ2n) is 4.82. The number of rotatable bonds is 6. The van der Waals surface area contributed by atoms with Crippen molar-refractivity contribution in [3.05, 3.63) is 63.9 Å². The fraction of sp³-hybridized carbons (Fsp3) is 0.250. The monoisotopic (exact) mass is 352 g/mol. The Labute approximate surface area is 132 Å². The SMILES string of the molecule is COc1ccc(Br)c(CC(Cc2ccccc2F)NN)c1. The molecule has 112 valence electrons.